The smallest absolute Gasteiger partial charge is 0.0739 e. The van der Waals surface area contributed by atoms with Gasteiger partial charge in [-0.1, -0.05) is 18.2 Å². The van der Waals surface area contributed by atoms with Gasteiger partial charge in [0.1, 0.15) is 0 Å². The molecule has 0 bridgehead atoms. The second-order valence-corrected chi connectivity index (χ2v) is 6.27. The van der Waals surface area contributed by atoms with E-state index in [1.807, 2.05) is 36.5 Å². The number of nitrogens with one attached hydrogen (secondary N) is 1. The third-order valence-corrected chi connectivity index (χ3v) is 4.89. The molecule has 0 radical (unpaired) electrons. The Morgan fingerprint density at radius 1 is 1.32 bits per heavy atom. The van der Waals surface area contributed by atoms with Gasteiger partial charge in [-0.3, -0.25) is 4.68 Å². The second-order valence-electron chi connectivity index (χ2n) is 4.31. The third-order valence-electron chi connectivity index (χ3n) is 2.84. The van der Waals surface area contributed by atoms with Crippen LogP contribution < -0.4 is 5.32 Å². The molecule has 0 aliphatic rings. The van der Waals surface area contributed by atoms with Crippen LogP contribution in [0.5, 0.6) is 0 Å². The lowest BCUT2D eigenvalue weighted by atomic mass is 10.3. The number of thioether (sulfide) groups is 1. The van der Waals surface area contributed by atoms with Crippen molar-refractivity contribution in [3.8, 4) is 0 Å². The van der Waals surface area contributed by atoms with E-state index in [9.17, 15) is 0 Å². The standard InChI is InChI=1S/C14H18BrN3S/c1-11-14(15)13(18(2)17-11)10-16-8-9-19-12-6-4-3-5-7-12/h3-7,16H,8-10H2,1-2H3. The highest BCUT2D eigenvalue weighted by atomic mass is 79.9. The summed E-state index contributed by atoms with van der Waals surface area (Å²) in [4.78, 5) is 1.32. The van der Waals surface area contributed by atoms with Gasteiger partial charge in [0.2, 0.25) is 0 Å². The highest BCUT2D eigenvalue weighted by Crippen LogP contribution is 2.20. The normalized spacial score (nSPS) is 10.9. The van der Waals surface area contributed by atoms with E-state index in [1.165, 1.54) is 10.6 Å². The molecule has 5 heteroatoms. The molecule has 0 saturated heterocycles. The summed E-state index contributed by atoms with van der Waals surface area (Å²) in [6.45, 7) is 3.84. The lowest BCUT2D eigenvalue weighted by Gasteiger charge is -2.06. The maximum absolute atomic E-state index is 4.38. The number of aromatic nitrogens is 2. The monoisotopic (exact) mass is 339 g/mol. The maximum atomic E-state index is 4.38. The van der Waals surface area contributed by atoms with Crippen molar-refractivity contribution < 1.29 is 0 Å². The average molecular weight is 340 g/mol. The van der Waals surface area contributed by atoms with Crippen LogP contribution in [0.15, 0.2) is 39.7 Å². The Morgan fingerprint density at radius 2 is 2.05 bits per heavy atom. The summed E-state index contributed by atoms with van der Waals surface area (Å²) in [7, 11) is 1.98. The summed E-state index contributed by atoms with van der Waals surface area (Å²) >= 11 is 5.45. The van der Waals surface area contributed by atoms with Crippen molar-refractivity contribution in [3.63, 3.8) is 0 Å². The summed E-state index contributed by atoms with van der Waals surface area (Å²) in [5.41, 5.74) is 2.24. The van der Waals surface area contributed by atoms with Gasteiger partial charge in [-0.25, -0.2) is 0 Å². The summed E-state index contributed by atoms with van der Waals surface area (Å²) < 4.78 is 3.04. The van der Waals surface area contributed by atoms with Crippen molar-refractivity contribution in [2.45, 2.75) is 18.4 Å². The van der Waals surface area contributed by atoms with Crippen molar-refractivity contribution in [3.05, 3.63) is 46.2 Å². The molecule has 0 aliphatic carbocycles. The molecule has 1 N–H and O–H groups in total. The van der Waals surface area contributed by atoms with Gasteiger partial charge in [0, 0.05) is 30.8 Å². The van der Waals surface area contributed by atoms with Crippen molar-refractivity contribution in [2.75, 3.05) is 12.3 Å². The van der Waals surface area contributed by atoms with E-state index >= 15 is 0 Å². The predicted molar refractivity (Wildman–Crippen MR) is 84.5 cm³/mol. The highest BCUT2D eigenvalue weighted by molar-refractivity contribution is 9.10. The molecule has 102 valence electrons. The number of hydrogen-bond donors (Lipinski definition) is 1. The number of aryl methyl sites for hydroxylation is 2. The number of rotatable bonds is 6. The van der Waals surface area contributed by atoms with Crippen LogP contribution in [0, 0.1) is 6.92 Å². The van der Waals surface area contributed by atoms with Crippen LogP contribution in [0.4, 0.5) is 0 Å². The molecule has 1 aromatic heterocycles. The van der Waals surface area contributed by atoms with E-state index in [0.29, 0.717) is 0 Å². The van der Waals surface area contributed by atoms with E-state index in [0.717, 1.165) is 29.0 Å². The molecular weight excluding hydrogens is 322 g/mol. The number of hydrogen-bond acceptors (Lipinski definition) is 3. The zero-order valence-electron chi connectivity index (χ0n) is 11.2. The molecule has 2 aromatic rings. The van der Waals surface area contributed by atoms with Crippen molar-refractivity contribution >= 4 is 27.7 Å². The fraction of sp³-hybridized carbons (Fsp3) is 0.357. The van der Waals surface area contributed by atoms with Gasteiger partial charge >= 0.3 is 0 Å². The minimum atomic E-state index is 0.841. The Balaban J connectivity index is 1.72. The zero-order valence-corrected chi connectivity index (χ0v) is 13.6. The highest BCUT2D eigenvalue weighted by Gasteiger charge is 2.09. The number of benzene rings is 1. The van der Waals surface area contributed by atoms with Crippen molar-refractivity contribution in [2.24, 2.45) is 7.05 Å². The minimum absolute atomic E-state index is 0.841. The SMILES string of the molecule is Cc1nn(C)c(CNCCSc2ccccc2)c1Br. The first-order chi connectivity index (χ1) is 9.18. The van der Waals surface area contributed by atoms with E-state index in [4.69, 9.17) is 0 Å². The van der Waals surface area contributed by atoms with Crippen LogP contribution in [-0.4, -0.2) is 22.1 Å². The molecular formula is C14H18BrN3S. The van der Waals surface area contributed by atoms with Crippen molar-refractivity contribution in [1.29, 1.82) is 0 Å². The number of halogens is 1. The molecule has 1 heterocycles. The molecule has 1 aromatic carbocycles. The molecule has 3 nitrogen and oxygen atoms in total. The van der Waals surface area contributed by atoms with Gasteiger partial charge in [0.15, 0.2) is 0 Å². The van der Waals surface area contributed by atoms with Crippen LogP contribution in [0.3, 0.4) is 0 Å². The van der Waals surface area contributed by atoms with Gasteiger partial charge in [0.05, 0.1) is 15.9 Å². The lowest BCUT2D eigenvalue weighted by Crippen LogP contribution is -2.18. The fourth-order valence-corrected chi connectivity index (χ4v) is 3.14. The number of nitrogens with zero attached hydrogens (tertiary/aromatic N) is 2. The Kier molecular flexibility index (Phi) is 5.48. The maximum Gasteiger partial charge on any atom is 0.0739 e. The summed E-state index contributed by atoms with van der Waals surface area (Å²) in [6.07, 6.45) is 0. The topological polar surface area (TPSA) is 29.9 Å². The van der Waals surface area contributed by atoms with Crippen LogP contribution in [-0.2, 0) is 13.6 Å². The van der Waals surface area contributed by atoms with Gasteiger partial charge in [-0.2, -0.15) is 5.10 Å². The van der Waals surface area contributed by atoms with Crippen LogP contribution in [0.1, 0.15) is 11.4 Å². The molecule has 19 heavy (non-hydrogen) atoms. The lowest BCUT2D eigenvalue weighted by molar-refractivity contribution is 0.641. The molecule has 0 spiro atoms. The van der Waals surface area contributed by atoms with E-state index in [2.05, 4.69) is 50.6 Å². The van der Waals surface area contributed by atoms with E-state index in [1.54, 1.807) is 0 Å². The first-order valence-corrected chi connectivity index (χ1v) is 8.03. The molecule has 0 atom stereocenters. The molecule has 0 unspecified atom stereocenters. The van der Waals surface area contributed by atoms with E-state index in [-0.39, 0.29) is 0 Å². The summed E-state index contributed by atoms with van der Waals surface area (Å²) in [5.74, 6) is 1.07. The van der Waals surface area contributed by atoms with Gasteiger partial charge in [-0.15, -0.1) is 11.8 Å². The molecule has 2 rings (SSSR count). The molecule has 0 fully saturated rings. The van der Waals surface area contributed by atoms with Gasteiger partial charge < -0.3 is 5.32 Å². The third kappa shape index (κ3) is 4.09. The Labute approximate surface area is 126 Å². The summed E-state index contributed by atoms with van der Waals surface area (Å²) in [5, 5.41) is 7.84. The molecule has 0 aliphatic heterocycles. The molecule has 0 amide bonds. The molecule has 0 saturated carbocycles. The van der Waals surface area contributed by atoms with Crippen molar-refractivity contribution in [1.82, 2.24) is 15.1 Å². The zero-order chi connectivity index (χ0) is 13.7. The Morgan fingerprint density at radius 3 is 2.68 bits per heavy atom. The Hall–Kier alpha value is -0.780. The first-order valence-electron chi connectivity index (χ1n) is 6.25. The fourth-order valence-electron chi connectivity index (χ4n) is 1.84. The predicted octanol–water partition coefficient (Wildman–Crippen LogP) is 3.37. The van der Waals surface area contributed by atoms with Gasteiger partial charge in [-0.05, 0) is 35.0 Å². The quantitative estimate of drug-likeness (QED) is 0.646. The average Bonchev–Trinajstić information content (AvgIpc) is 2.65. The van der Waals surface area contributed by atoms with Crippen LogP contribution >= 0.6 is 27.7 Å². The minimum Gasteiger partial charge on any atom is -0.310 e. The largest absolute Gasteiger partial charge is 0.310 e. The van der Waals surface area contributed by atoms with Gasteiger partial charge in [0.25, 0.3) is 0 Å². The first kappa shape index (κ1) is 14.6. The second kappa shape index (κ2) is 7.12. The van der Waals surface area contributed by atoms with Crippen LogP contribution in [0.25, 0.3) is 0 Å². The van der Waals surface area contributed by atoms with E-state index < -0.39 is 0 Å². The summed E-state index contributed by atoms with van der Waals surface area (Å²) in [6, 6.07) is 10.5. The van der Waals surface area contributed by atoms with Crippen LogP contribution in [0.2, 0.25) is 0 Å². The Bertz CT molecular complexity index is 525.